The molecule has 1 aliphatic heterocycles. The average Bonchev–Trinajstić information content (AvgIpc) is 1.97. The molecule has 1 heterocycles. The van der Waals surface area contributed by atoms with Gasteiger partial charge in [-0.25, -0.2) is 14.9 Å². The van der Waals surface area contributed by atoms with E-state index in [1.807, 2.05) is 5.32 Å². The van der Waals surface area contributed by atoms with Crippen molar-refractivity contribution in [3.63, 3.8) is 0 Å². The van der Waals surface area contributed by atoms with Gasteiger partial charge in [-0.3, -0.25) is 10.1 Å². The second kappa shape index (κ2) is 2.89. The minimum atomic E-state index is -1.50. The summed E-state index contributed by atoms with van der Waals surface area (Å²) in [5, 5.41) is 12.3. The minimum absolute atomic E-state index is 0.716. The Morgan fingerprint density at radius 2 is 2.25 bits per heavy atom. The highest BCUT2D eigenvalue weighted by Gasteiger charge is 2.46. The smallest absolute Gasteiger partial charge is 0.308 e. The van der Waals surface area contributed by atoms with E-state index in [-0.39, 0.29) is 0 Å². The lowest BCUT2D eigenvalue weighted by molar-refractivity contribution is -0.289. The molecule has 1 saturated heterocycles. The van der Waals surface area contributed by atoms with Gasteiger partial charge in [0.2, 0.25) is 0 Å². The summed E-state index contributed by atoms with van der Waals surface area (Å²) in [5.41, 5.74) is 0. The van der Waals surface area contributed by atoms with E-state index >= 15 is 0 Å². The molecule has 2 atom stereocenters. The molecule has 0 spiro atoms. The largest absolute Gasteiger partial charge is 0.323 e. The summed E-state index contributed by atoms with van der Waals surface area (Å²) in [6, 6.07) is -0.753. The van der Waals surface area contributed by atoms with Crippen LogP contribution in [0.2, 0.25) is 0 Å². The molecule has 7 heteroatoms. The number of hydrogen-bond acceptors (Lipinski definition) is 4. The molecule has 1 rings (SSSR count). The molecule has 1 aliphatic rings. The zero-order valence-corrected chi connectivity index (χ0v) is 6.88. The normalized spacial score (nSPS) is 35.8. The van der Waals surface area contributed by atoms with Crippen LogP contribution in [0.1, 0.15) is 6.92 Å². The highest BCUT2D eigenvalue weighted by Crippen LogP contribution is 2.22. The summed E-state index contributed by atoms with van der Waals surface area (Å²) < 4.78 is 0. The van der Waals surface area contributed by atoms with E-state index in [1.165, 1.54) is 6.92 Å². The van der Waals surface area contributed by atoms with Crippen LogP contribution in [0.3, 0.4) is 0 Å². The monoisotopic (exact) mass is 194 g/mol. The van der Waals surface area contributed by atoms with Crippen LogP contribution in [0.4, 0.5) is 4.79 Å². The zero-order valence-electron chi connectivity index (χ0n) is 6.13. The van der Waals surface area contributed by atoms with Gasteiger partial charge in [0.1, 0.15) is 0 Å². The topological polar surface area (TPSA) is 87.7 Å². The van der Waals surface area contributed by atoms with Gasteiger partial charge in [0.25, 0.3) is 5.91 Å². The van der Waals surface area contributed by atoms with E-state index in [0.29, 0.717) is 0 Å². The molecule has 3 N–H and O–H groups in total. The highest BCUT2D eigenvalue weighted by atomic mass is 35.5. The maximum Gasteiger partial charge on any atom is 0.323 e. The Balaban J connectivity index is 2.85. The third kappa shape index (κ3) is 1.36. The average molecular weight is 195 g/mol. The summed E-state index contributed by atoms with van der Waals surface area (Å²) in [6.07, 6.45) is -1.24. The van der Waals surface area contributed by atoms with Crippen molar-refractivity contribution in [2.45, 2.75) is 18.0 Å². The number of rotatable bonds is 1. The molecule has 6 nitrogen and oxygen atoms in total. The van der Waals surface area contributed by atoms with Crippen molar-refractivity contribution in [3.05, 3.63) is 0 Å². The summed E-state index contributed by atoms with van der Waals surface area (Å²) in [6.45, 7) is 1.31. The molecule has 0 aromatic carbocycles. The quantitative estimate of drug-likeness (QED) is 0.302. The van der Waals surface area contributed by atoms with Gasteiger partial charge in [-0.05, 0) is 6.92 Å². The van der Waals surface area contributed by atoms with Crippen molar-refractivity contribution in [2.24, 2.45) is 0 Å². The second-order valence-corrected chi connectivity index (χ2v) is 3.27. The molecule has 0 aromatic heterocycles. The fourth-order valence-electron chi connectivity index (χ4n) is 0.760. The molecule has 0 aromatic rings. The number of halogens is 1. The molecule has 12 heavy (non-hydrogen) atoms. The minimum Gasteiger partial charge on any atom is -0.308 e. The Morgan fingerprint density at radius 3 is 2.75 bits per heavy atom. The SMILES string of the molecule is CC1(Cl)C(=O)NC(=O)N[C@H]1OO. The standard InChI is InChI=1S/C5H7ClN2O4/c1-5(6)2(9)7-4(10)8-3(5)12-11/h3,11H,1H3,(H2,7,8,9,10)/t3-,5?/m0/s1. The Bertz CT molecular complexity index is 229. The lowest BCUT2D eigenvalue weighted by Gasteiger charge is -2.32. The van der Waals surface area contributed by atoms with E-state index < -0.39 is 23.0 Å². The predicted molar refractivity (Wildman–Crippen MR) is 38.4 cm³/mol. The third-order valence-electron chi connectivity index (χ3n) is 1.53. The fraction of sp³-hybridized carbons (Fsp3) is 0.600. The molecule has 1 unspecified atom stereocenters. The van der Waals surface area contributed by atoms with Crippen molar-refractivity contribution in [1.82, 2.24) is 10.6 Å². The van der Waals surface area contributed by atoms with Crippen LogP contribution in [-0.4, -0.2) is 28.3 Å². The molecular weight excluding hydrogens is 188 g/mol. The fourth-order valence-corrected chi connectivity index (χ4v) is 0.902. The first-order chi connectivity index (χ1) is 5.48. The number of carbonyl (C=O) groups is 2. The third-order valence-corrected chi connectivity index (χ3v) is 1.90. The molecule has 1 fully saturated rings. The molecular formula is C5H7ClN2O4. The highest BCUT2D eigenvalue weighted by molar-refractivity contribution is 6.36. The Hall–Kier alpha value is -0.850. The van der Waals surface area contributed by atoms with Gasteiger partial charge in [-0.1, -0.05) is 0 Å². The van der Waals surface area contributed by atoms with Crippen molar-refractivity contribution in [1.29, 1.82) is 0 Å². The first-order valence-corrected chi connectivity index (χ1v) is 3.47. The van der Waals surface area contributed by atoms with Crippen molar-refractivity contribution in [2.75, 3.05) is 0 Å². The summed E-state index contributed by atoms with van der Waals surface area (Å²) in [7, 11) is 0. The van der Waals surface area contributed by atoms with Crippen LogP contribution in [0.15, 0.2) is 0 Å². The van der Waals surface area contributed by atoms with Crippen LogP contribution in [-0.2, 0) is 9.68 Å². The maximum atomic E-state index is 11.0. The molecule has 0 bridgehead atoms. The first kappa shape index (κ1) is 9.24. The number of amides is 3. The number of urea groups is 1. The van der Waals surface area contributed by atoms with Crippen LogP contribution in [0, 0.1) is 0 Å². The van der Waals surface area contributed by atoms with Gasteiger partial charge in [0.05, 0.1) is 0 Å². The second-order valence-electron chi connectivity index (χ2n) is 2.49. The Labute approximate surface area is 72.8 Å². The van der Waals surface area contributed by atoms with Crippen molar-refractivity contribution in [3.8, 4) is 0 Å². The Morgan fingerprint density at radius 1 is 1.67 bits per heavy atom. The first-order valence-electron chi connectivity index (χ1n) is 3.09. The van der Waals surface area contributed by atoms with Crippen molar-refractivity contribution >= 4 is 23.5 Å². The van der Waals surface area contributed by atoms with E-state index in [2.05, 4.69) is 10.2 Å². The van der Waals surface area contributed by atoms with E-state index in [1.54, 1.807) is 0 Å². The van der Waals surface area contributed by atoms with Crippen LogP contribution < -0.4 is 10.6 Å². The summed E-state index contributed by atoms with van der Waals surface area (Å²) in [4.78, 5) is 24.0. The summed E-state index contributed by atoms with van der Waals surface area (Å²) in [5.74, 6) is -0.716. The molecule has 0 aliphatic carbocycles. The number of hydrogen-bond donors (Lipinski definition) is 3. The summed E-state index contributed by atoms with van der Waals surface area (Å²) >= 11 is 5.64. The maximum absolute atomic E-state index is 11.0. The zero-order chi connectivity index (χ0) is 9.35. The van der Waals surface area contributed by atoms with Gasteiger partial charge in [-0.15, -0.1) is 11.6 Å². The van der Waals surface area contributed by atoms with E-state index in [9.17, 15) is 9.59 Å². The lowest BCUT2D eigenvalue weighted by atomic mass is 10.1. The van der Waals surface area contributed by atoms with Gasteiger partial charge >= 0.3 is 6.03 Å². The van der Waals surface area contributed by atoms with E-state index in [0.717, 1.165) is 0 Å². The number of alkyl halides is 1. The Kier molecular flexibility index (Phi) is 2.22. The molecule has 3 amide bonds. The number of carbonyl (C=O) groups excluding carboxylic acids is 2. The van der Waals surface area contributed by atoms with Crippen LogP contribution in [0.5, 0.6) is 0 Å². The van der Waals surface area contributed by atoms with Gasteiger partial charge in [0.15, 0.2) is 11.1 Å². The van der Waals surface area contributed by atoms with Crippen molar-refractivity contribution < 1.29 is 19.7 Å². The van der Waals surface area contributed by atoms with Crippen LogP contribution >= 0.6 is 11.6 Å². The van der Waals surface area contributed by atoms with Gasteiger partial charge < -0.3 is 5.32 Å². The van der Waals surface area contributed by atoms with E-state index in [4.69, 9.17) is 16.9 Å². The van der Waals surface area contributed by atoms with Gasteiger partial charge in [0, 0.05) is 0 Å². The molecule has 0 radical (unpaired) electrons. The van der Waals surface area contributed by atoms with Crippen LogP contribution in [0.25, 0.3) is 0 Å². The van der Waals surface area contributed by atoms with Gasteiger partial charge in [-0.2, -0.15) is 0 Å². The molecule has 68 valence electrons. The predicted octanol–water partition coefficient (Wildman–Crippen LogP) is -0.361. The number of nitrogens with one attached hydrogen (secondary N) is 2. The molecule has 0 saturated carbocycles. The lowest BCUT2D eigenvalue weighted by Crippen LogP contribution is -2.65. The number of imide groups is 1.